The molecule has 1 aliphatic heterocycles. The van der Waals surface area contributed by atoms with Crippen LogP contribution in [0.1, 0.15) is 13.8 Å². The summed E-state index contributed by atoms with van der Waals surface area (Å²) in [5, 5.41) is 0. The molecular weight excluding hydrogens is 221 g/mol. The van der Waals surface area contributed by atoms with E-state index < -0.39 is 12.7 Å². The van der Waals surface area contributed by atoms with Gasteiger partial charge in [0.15, 0.2) is 0 Å². The Bertz CT molecular complexity index is 245. The Labute approximate surface area is 93.2 Å². The van der Waals surface area contributed by atoms with Gasteiger partial charge in [-0.3, -0.25) is 9.69 Å². The number of nitrogens with zero attached hydrogens (tertiary/aromatic N) is 2. The first-order valence-corrected chi connectivity index (χ1v) is 5.37. The van der Waals surface area contributed by atoms with Gasteiger partial charge >= 0.3 is 6.18 Å². The fourth-order valence-corrected chi connectivity index (χ4v) is 1.75. The standard InChI is InChI=1S/C10H17F3N2O/c1-8(2)9(16)15-5-3-14(4-6-15)7-10(11,12)13/h8H,3-7H2,1-2H3. The minimum Gasteiger partial charge on any atom is -0.340 e. The van der Waals surface area contributed by atoms with E-state index in [0.29, 0.717) is 26.2 Å². The van der Waals surface area contributed by atoms with Gasteiger partial charge in [-0.05, 0) is 0 Å². The van der Waals surface area contributed by atoms with Gasteiger partial charge in [-0.25, -0.2) is 0 Å². The number of alkyl halides is 3. The lowest BCUT2D eigenvalue weighted by Crippen LogP contribution is -2.51. The Morgan fingerprint density at radius 2 is 1.69 bits per heavy atom. The summed E-state index contributed by atoms with van der Waals surface area (Å²) in [6.45, 7) is 4.11. The maximum absolute atomic E-state index is 12.1. The number of halogens is 3. The van der Waals surface area contributed by atoms with Crippen molar-refractivity contribution in [2.24, 2.45) is 5.92 Å². The van der Waals surface area contributed by atoms with E-state index in [9.17, 15) is 18.0 Å². The molecule has 1 heterocycles. The Balaban J connectivity index is 2.37. The number of hydrogen-bond acceptors (Lipinski definition) is 2. The van der Waals surface area contributed by atoms with Crippen molar-refractivity contribution in [3.8, 4) is 0 Å². The van der Waals surface area contributed by atoms with Crippen molar-refractivity contribution >= 4 is 5.91 Å². The van der Waals surface area contributed by atoms with E-state index in [0.717, 1.165) is 0 Å². The molecule has 94 valence electrons. The molecule has 6 heteroatoms. The summed E-state index contributed by atoms with van der Waals surface area (Å²) in [7, 11) is 0. The molecule has 0 unspecified atom stereocenters. The van der Waals surface area contributed by atoms with Crippen LogP contribution in [-0.2, 0) is 4.79 Å². The Hall–Kier alpha value is -0.780. The second-order valence-electron chi connectivity index (χ2n) is 4.37. The summed E-state index contributed by atoms with van der Waals surface area (Å²) in [4.78, 5) is 14.5. The van der Waals surface area contributed by atoms with Crippen LogP contribution in [0.5, 0.6) is 0 Å². The number of carbonyl (C=O) groups excluding carboxylic acids is 1. The fraction of sp³-hybridized carbons (Fsp3) is 0.900. The van der Waals surface area contributed by atoms with Crippen molar-refractivity contribution < 1.29 is 18.0 Å². The molecule has 1 aliphatic rings. The molecule has 1 saturated heterocycles. The van der Waals surface area contributed by atoms with Crippen LogP contribution in [0.4, 0.5) is 13.2 Å². The maximum Gasteiger partial charge on any atom is 0.401 e. The topological polar surface area (TPSA) is 23.6 Å². The molecule has 0 aliphatic carbocycles. The average Bonchev–Trinajstić information content (AvgIpc) is 2.15. The smallest absolute Gasteiger partial charge is 0.340 e. The highest BCUT2D eigenvalue weighted by molar-refractivity contribution is 5.78. The molecule has 0 atom stereocenters. The third-order valence-corrected chi connectivity index (χ3v) is 2.58. The second kappa shape index (κ2) is 5.03. The molecular formula is C10H17F3N2O. The number of amides is 1. The molecule has 0 radical (unpaired) electrons. The molecule has 0 bridgehead atoms. The molecule has 0 N–H and O–H groups in total. The molecule has 0 saturated carbocycles. The van der Waals surface area contributed by atoms with Gasteiger partial charge in [-0.1, -0.05) is 13.8 Å². The molecule has 0 aromatic carbocycles. The molecule has 1 fully saturated rings. The minimum atomic E-state index is -4.15. The quantitative estimate of drug-likeness (QED) is 0.725. The Kier molecular flexibility index (Phi) is 4.18. The van der Waals surface area contributed by atoms with Crippen LogP contribution in [-0.4, -0.2) is 54.6 Å². The van der Waals surface area contributed by atoms with Gasteiger partial charge in [0.2, 0.25) is 5.91 Å². The molecule has 1 amide bonds. The van der Waals surface area contributed by atoms with Crippen LogP contribution < -0.4 is 0 Å². The monoisotopic (exact) mass is 238 g/mol. The van der Waals surface area contributed by atoms with E-state index in [1.807, 2.05) is 0 Å². The van der Waals surface area contributed by atoms with E-state index in [1.165, 1.54) is 4.90 Å². The molecule has 3 nitrogen and oxygen atoms in total. The van der Waals surface area contributed by atoms with Gasteiger partial charge in [-0.2, -0.15) is 13.2 Å². The normalized spacial score (nSPS) is 19.2. The van der Waals surface area contributed by atoms with Crippen LogP contribution in [0.3, 0.4) is 0 Å². The first kappa shape index (κ1) is 13.3. The summed E-state index contributed by atoms with van der Waals surface area (Å²) in [6, 6.07) is 0. The van der Waals surface area contributed by atoms with Gasteiger partial charge in [0.05, 0.1) is 6.54 Å². The highest BCUT2D eigenvalue weighted by Crippen LogP contribution is 2.17. The third kappa shape index (κ3) is 4.00. The number of rotatable bonds is 2. The number of piperazine rings is 1. The SMILES string of the molecule is CC(C)C(=O)N1CCN(CC(F)(F)F)CC1. The van der Waals surface area contributed by atoms with E-state index in [4.69, 9.17) is 0 Å². The maximum atomic E-state index is 12.1. The minimum absolute atomic E-state index is 0.0201. The van der Waals surface area contributed by atoms with Crippen molar-refractivity contribution in [2.45, 2.75) is 20.0 Å². The van der Waals surface area contributed by atoms with Crippen LogP contribution in [0.2, 0.25) is 0 Å². The summed E-state index contributed by atoms with van der Waals surface area (Å²) in [5.74, 6) is -0.0687. The molecule has 0 aromatic rings. The zero-order valence-electron chi connectivity index (χ0n) is 9.55. The van der Waals surface area contributed by atoms with Gasteiger partial charge in [-0.15, -0.1) is 0 Å². The first-order chi connectivity index (χ1) is 7.29. The highest BCUT2D eigenvalue weighted by atomic mass is 19.4. The first-order valence-electron chi connectivity index (χ1n) is 5.37. The molecule has 1 rings (SSSR count). The molecule has 0 spiro atoms. The van der Waals surface area contributed by atoms with Gasteiger partial charge in [0, 0.05) is 32.1 Å². The van der Waals surface area contributed by atoms with Crippen LogP contribution >= 0.6 is 0 Å². The predicted octanol–water partition coefficient (Wildman–Crippen LogP) is 1.35. The average molecular weight is 238 g/mol. The number of carbonyl (C=O) groups is 1. The van der Waals surface area contributed by atoms with E-state index >= 15 is 0 Å². The molecule has 0 aromatic heterocycles. The lowest BCUT2D eigenvalue weighted by Gasteiger charge is -2.35. The molecule has 16 heavy (non-hydrogen) atoms. The van der Waals surface area contributed by atoms with Crippen molar-refractivity contribution in [1.29, 1.82) is 0 Å². The highest BCUT2D eigenvalue weighted by Gasteiger charge is 2.32. The zero-order chi connectivity index (χ0) is 12.3. The van der Waals surface area contributed by atoms with Crippen LogP contribution in [0.25, 0.3) is 0 Å². The lowest BCUT2D eigenvalue weighted by molar-refractivity contribution is -0.152. The summed E-state index contributed by atoms with van der Waals surface area (Å²) in [5.41, 5.74) is 0. The van der Waals surface area contributed by atoms with Crippen molar-refractivity contribution in [3.05, 3.63) is 0 Å². The van der Waals surface area contributed by atoms with E-state index in [1.54, 1.807) is 18.7 Å². The summed E-state index contributed by atoms with van der Waals surface area (Å²) in [6.07, 6.45) is -4.15. The zero-order valence-corrected chi connectivity index (χ0v) is 9.55. The second-order valence-corrected chi connectivity index (χ2v) is 4.37. The van der Waals surface area contributed by atoms with Crippen LogP contribution in [0, 0.1) is 5.92 Å². The van der Waals surface area contributed by atoms with Gasteiger partial charge in [0.1, 0.15) is 0 Å². The van der Waals surface area contributed by atoms with Gasteiger partial charge < -0.3 is 4.90 Å². The fourth-order valence-electron chi connectivity index (χ4n) is 1.75. The van der Waals surface area contributed by atoms with Crippen molar-refractivity contribution in [1.82, 2.24) is 9.80 Å². The van der Waals surface area contributed by atoms with Crippen LogP contribution in [0.15, 0.2) is 0 Å². The van der Waals surface area contributed by atoms with E-state index in [2.05, 4.69) is 0 Å². The largest absolute Gasteiger partial charge is 0.401 e. The summed E-state index contributed by atoms with van der Waals surface area (Å²) < 4.78 is 36.3. The summed E-state index contributed by atoms with van der Waals surface area (Å²) >= 11 is 0. The lowest BCUT2D eigenvalue weighted by atomic mass is 10.1. The Morgan fingerprint density at radius 3 is 2.06 bits per heavy atom. The van der Waals surface area contributed by atoms with Crippen molar-refractivity contribution in [3.63, 3.8) is 0 Å². The Morgan fingerprint density at radius 1 is 1.19 bits per heavy atom. The predicted molar refractivity (Wildman–Crippen MR) is 53.9 cm³/mol. The van der Waals surface area contributed by atoms with Gasteiger partial charge in [0.25, 0.3) is 0 Å². The third-order valence-electron chi connectivity index (χ3n) is 2.58. The number of hydrogen-bond donors (Lipinski definition) is 0. The van der Waals surface area contributed by atoms with Crippen molar-refractivity contribution in [2.75, 3.05) is 32.7 Å². The van der Waals surface area contributed by atoms with E-state index in [-0.39, 0.29) is 11.8 Å².